The first-order chi connectivity index (χ1) is 6.34. The summed E-state index contributed by atoms with van der Waals surface area (Å²) in [4.78, 5) is 20.9. The molecule has 3 nitrogen and oxygen atoms in total. The van der Waals surface area contributed by atoms with Crippen LogP contribution >= 0.6 is 11.6 Å². The Morgan fingerprint density at radius 2 is 2.00 bits per heavy atom. The van der Waals surface area contributed by atoms with E-state index in [9.17, 15) is 22.8 Å². The maximum atomic E-state index is 11.9. The lowest BCUT2D eigenvalue weighted by Gasteiger charge is -2.07. The van der Waals surface area contributed by atoms with E-state index < -0.39 is 22.8 Å². The Bertz CT molecular complexity index is 270. The summed E-state index contributed by atoms with van der Waals surface area (Å²) in [5.41, 5.74) is -1.22. The van der Waals surface area contributed by atoms with Gasteiger partial charge in [0.2, 0.25) is 0 Å². The molecule has 0 heterocycles. The zero-order valence-electron chi connectivity index (χ0n) is 7.02. The largest absolute Gasteiger partial charge is 0.462 e. The summed E-state index contributed by atoms with van der Waals surface area (Å²) in [6.45, 7) is 1.25. The van der Waals surface area contributed by atoms with Crippen LogP contribution in [0.3, 0.4) is 0 Å². The van der Waals surface area contributed by atoms with E-state index in [4.69, 9.17) is 11.6 Å². The van der Waals surface area contributed by atoms with Gasteiger partial charge in [-0.05, 0) is 6.92 Å². The second-order valence-corrected chi connectivity index (χ2v) is 2.44. The number of carbonyl (C=O) groups is 2. The molecule has 0 aromatic carbocycles. The average Bonchev–Trinajstić information content (AvgIpc) is 2.04. The molecular formula is C7H6ClF3O3. The van der Waals surface area contributed by atoms with Gasteiger partial charge in [-0.1, -0.05) is 11.6 Å². The predicted molar refractivity (Wildman–Crippen MR) is 41.6 cm³/mol. The van der Waals surface area contributed by atoms with E-state index in [0.717, 1.165) is 0 Å². The summed E-state index contributed by atoms with van der Waals surface area (Å²) in [6.07, 6.45) is -5.21. The third kappa shape index (κ3) is 3.37. The fourth-order valence-electron chi connectivity index (χ4n) is 0.551. The van der Waals surface area contributed by atoms with Gasteiger partial charge in [0.15, 0.2) is 6.29 Å². The molecule has 0 fully saturated rings. The highest BCUT2D eigenvalue weighted by Crippen LogP contribution is 2.31. The maximum absolute atomic E-state index is 11.9. The second kappa shape index (κ2) is 4.99. The maximum Gasteiger partial charge on any atom is 0.427 e. The van der Waals surface area contributed by atoms with Crippen LogP contribution in [-0.2, 0) is 14.3 Å². The van der Waals surface area contributed by atoms with Gasteiger partial charge in [0, 0.05) is 0 Å². The van der Waals surface area contributed by atoms with Gasteiger partial charge in [-0.25, -0.2) is 4.79 Å². The van der Waals surface area contributed by atoms with Crippen LogP contribution in [0, 0.1) is 0 Å². The van der Waals surface area contributed by atoms with E-state index in [0.29, 0.717) is 0 Å². The number of rotatable bonds is 3. The number of hydrogen-bond donors (Lipinski definition) is 0. The molecule has 0 rings (SSSR count). The fraction of sp³-hybridized carbons (Fsp3) is 0.429. The van der Waals surface area contributed by atoms with Crippen molar-refractivity contribution in [3.8, 4) is 0 Å². The van der Waals surface area contributed by atoms with Crippen molar-refractivity contribution in [2.45, 2.75) is 13.1 Å². The molecule has 0 aliphatic carbocycles. The van der Waals surface area contributed by atoms with Crippen LogP contribution in [0.25, 0.3) is 0 Å². The number of carbonyl (C=O) groups excluding carboxylic acids is 2. The molecule has 0 aromatic rings. The summed E-state index contributed by atoms with van der Waals surface area (Å²) in [7, 11) is 0. The number of alkyl halides is 3. The van der Waals surface area contributed by atoms with E-state index in [2.05, 4.69) is 4.74 Å². The van der Waals surface area contributed by atoms with Crippen molar-refractivity contribution in [2.24, 2.45) is 0 Å². The second-order valence-electron chi connectivity index (χ2n) is 2.06. The van der Waals surface area contributed by atoms with Gasteiger partial charge >= 0.3 is 12.1 Å². The van der Waals surface area contributed by atoms with Crippen LogP contribution < -0.4 is 0 Å². The molecule has 80 valence electrons. The molecule has 0 amide bonds. The van der Waals surface area contributed by atoms with E-state index in [-0.39, 0.29) is 12.9 Å². The first-order valence-corrected chi connectivity index (χ1v) is 3.81. The van der Waals surface area contributed by atoms with Crippen molar-refractivity contribution in [1.82, 2.24) is 0 Å². The van der Waals surface area contributed by atoms with Gasteiger partial charge in [-0.2, -0.15) is 13.2 Å². The summed E-state index contributed by atoms with van der Waals surface area (Å²) < 4.78 is 40.0. The molecule has 0 radical (unpaired) electrons. The minimum atomic E-state index is -4.93. The minimum Gasteiger partial charge on any atom is -0.462 e. The molecule has 0 atom stereocenters. The van der Waals surface area contributed by atoms with Crippen LogP contribution in [0.5, 0.6) is 0 Å². The van der Waals surface area contributed by atoms with Gasteiger partial charge < -0.3 is 4.74 Å². The van der Waals surface area contributed by atoms with Crippen LogP contribution in [0.1, 0.15) is 6.92 Å². The van der Waals surface area contributed by atoms with E-state index in [1.165, 1.54) is 6.92 Å². The molecule has 0 bridgehead atoms. The van der Waals surface area contributed by atoms with Crippen molar-refractivity contribution in [2.75, 3.05) is 6.61 Å². The van der Waals surface area contributed by atoms with Crippen LogP contribution in [-0.4, -0.2) is 25.0 Å². The predicted octanol–water partition coefficient (Wildman–Crippen LogP) is 1.80. The first kappa shape index (κ1) is 13.0. The number of aldehydes is 1. The van der Waals surface area contributed by atoms with Crippen LogP contribution in [0.4, 0.5) is 13.2 Å². The normalized spacial score (nSPS) is 13.2. The molecular weight excluding hydrogens is 225 g/mol. The van der Waals surface area contributed by atoms with Crippen molar-refractivity contribution in [3.63, 3.8) is 0 Å². The van der Waals surface area contributed by atoms with Gasteiger partial charge in [0.05, 0.1) is 6.61 Å². The van der Waals surface area contributed by atoms with Crippen LogP contribution in [0.2, 0.25) is 0 Å². The molecule has 0 saturated carbocycles. The molecule has 0 aliphatic rings. The summed E-state index contributed by atoms with van der Waals surface area (Å²) >= 11 is 4.78. The average molecular weight is 231 g/mol. The Morgan fingerprint density at radius 1 is 1.50 bits per heavy atom. The third-order valence-corrected chi connectivity index (χ3v) is 1.52. The Hall–Kier alpha value is -1.04. The molecule has 0 spiro atoms. The smallest absolute Gasteiger partial charge is 0.427 e. The monoisotopic (exact) mass is 230 g/mol. The van der Waals surface area contributed by atoms with E-state index >= 15 is 0 Å². The van der Waals surface area contributed by atoms with E-state index in [1.807, 2.05) is 0 Å². The zero-order chi connectivity index (χ0) is 11.4. The summed E-state index contributed by atoms with van der Waals surface area (Å²) in [5, 5.41) is -1.77. The minimum absolute atomic E-state index is 0.141. The van der Waals surface area contributed by atoms with Gasteiger partial charge in [0.1, 0.15) is 10.6 Å². The molecule has 0 unspecified atom stereocenters. The Labute approximate surface area is 82.5 Å². The Kier molecular flexibility index (Phi) is 4.62. The molecule has 0 saturated heterocycles. The fourth-order valence-corrected chi connectivity index (χ4v) is 0.673. The van der Waals surface area contributed by atoms with E-state index in [1.54, 1.807) is 0 Å². The lowest BCUT2D eigenvalue weighted by atomic mass is 10.2. The Morgan fingerprint density at radius 3 is 2.29 bits per heavy atom. The molecule has 14 heavy (non-hydrogen) atoms. The van der Waals surface area contributed by atoms with Gasteiger partial charge in [0.25, 0.3) is 0 Å². The molecule has 0 N–H and O–H groups in total. The first-order valence-electron chi connectivity index (χ1n) is 3.43. The van der Waals surface area contributed by atoms with Crippen LogP contribution in [0.15, 0.2) is 10.6 Å². The number of allylic oxidation sites excluding steroid dienone is 1. The van der Waals surface area contributed by atoms with Crippen molar-refractivity contribution < 1.29 is 27.5 Å². The third-order valence-electron chi connectivity index (χ3n) is 1.10. The highest BCUT2D eigenvalue weighted by molar-refractivity contribution is 6.35. The number of hydrogen-bond acceptors (Lipinski definition) is 3. The van der Waals surface area contributed by atoms with Crippen molar-refractivity contribution in [1.29, 1.82) is 0 Å². The Balaban J connectivity index is 5.04. The standard InChI is InChI=1S/C7H6ClF3O3/c1-2-14-6(13)4(3-12)5(8)7(9,10)11/h3H,2H2,1H3/b5-4-. The van der Waals surface area contributed by atoms with Crippen molar-refractivity contribution in [3.05, 3.63) is 10.6 Å². The molecule has 7 heteroatoms. The number of esters is 1. The van der Waals surface area contributed by atoms with Crippen molar-refractivity contribution >= 4 is 23.9 Å². The summed E-state index contributed by atoms with van der Waals surface area (Å²) in [5.74, 6) is -1.38. The number of ether oxygens (including phenoxy) is 1. The highest BCUT2D eigenvalue weighted by Gasteiger charge is 2.37. The quantitative estimate of drug-likeness (QED) is 0.244. The molecule has 0 aliphatic heterocycles. The number of halogens is 4. The lowest BCUT2D eigenvalue weighted by Crippen LogP contribution is -2.17. The van der Waals surface area contributed by atoms with Gasteiger partial charge in [-0.3, -0.25) is 4.79 Å². The SMILES string of the molecule is CCOC(=O)/C(C=O)=C(\Cl)C(F)(F)F. The zero-order valence-corrected chi connectivity index (χ0v) is 7.78. The highest BCUT2D eigenvalue weighted by atomic mass is 35.5. The lowest BCUT2D eigenvalue weighted by molar-refractivity contribution is -0.140. The summed E-state index contributed by atoms with van der Waals surface area (Å²) in [6, 6.07) is 0. The topological polar surface area (TPSA) is 43.4 Å². The van der Waals surface area contributed by atoms with Gasteiger partial charge in [-0.15, -0.1) is 0 Å². The molecule has 0 aromatic heterocycles.